The second kappa shape index (κ2) is 11.3. The zero-order chi connectivity index (χ0) is 26.8. The van der Waals surface area contributed by atoms with Crippen LogP contribution in [0.3, 0.4) is 0 Å². The number of halogens is 2. The Bertz CT molecular complexity index is 1730. The minimum atomic E-state index is -0.740. The molecule has 0 radical (unpaired) electrons. The zero-order valence-corrected chi connectivity index (χ0v) is 24.2. The van der Waals surface area contributed by atoms with Crippen LogP contribution in [0.4, 0.5) is 0 Å². The van der Waals surface area contributed by atoms with Gasteiger partial charge in [0.2, 0.25) is 0 Å². The van der Waals surface area contributed by atoms with Crippen molar-refractivity contribution < 1.29 is 14.3 Å². The van der Waals surface area contributed by atoms with Crippen LogP contribution >= 0.6 is 45.5 Å². The molecule has 0 aliphatic carbocycles. The van der Waals surface area contributed by atoms with Gasteiger partial charge in [-0.15, -0.1) is 0 Å². The van der Waals surface area contributed by atoms with E-state index < -0.39 is 12.0 Å². The number of ether oxygens (including phenoxy) is 2. The van der Waals surface area contributed by atoms with Gasteiger partial charge >= 0.3 is 5.97 Å². The molecule has 1 aliphatic rings. The molecule has 192 valence electrons. The molecule has 4 aromatic rings. The molecule has 0 saturated carbocycles. The first kappa shape index (κ1) is 26.4. The molecule has 0 spiro atoms. The molecule has 38 heavy (non-hydrogen) atoms. The maximum Gasteiger partial charge on any atom is 0.338 e. The molecule has 0 bridgehead atoms. The Balaban J connectivity index is 1.80. The number of aromatic nitrogens is 1. The molecule has 2 heterocycles. The Hall–Kier alpha value is -3.21. The number of hydrogen-bond acceptors (Lipinski definition) is 6. The predicted molar refractivity (Wildman–Crippen MR) is 158 cm³/mol. The average molecular weight is 657 g/mol. The minimum Gasteiger partial charge on any atom is -0.496 e. The third-order valence-electron chi connectivity index (χ3n) is 6.03. The summed E-state index contributed by atoms with van der Waals surface area (Å²) in [4.78, 5) is 32.7. The molecule has 9 heteroatoms. The van der Waals surface area contributed by atoms with Crippen molar-refractivity contribution >= 4 is 63.3 Å². The number of thiazole rings is 1. The number of nitrogens with zero attached hydrogens (tertiary/aromatic N) is 2. The molecule has 6 nitrogen and oxygen atoms in total. The lowest BCUT2D eigenvalue weighted by molar-refractivity contribution is -0.138. The van der Waals surface area contributed by atoms with Crippen molar-refractivity contribution in [1.82, 2.24) is 4.57 Å². The van der Waals surface area contributed by atoms with Crippen LogP contribution in [0.1, 0.15) is 29.7 Å². The van der Waals surface area contributed by atoms with E-state index in [2.05, 4.69) is 22.6 Å². The van der Waals surface area contributed by atoms with E-state index in [1.54, 1.807) is 30.7 Å². The summed E-state index contributed by atoms with van der Waals surface area (Å²) in [7, 11) is 1.62. The highest BCUT2D eigenvalue weighted by Gasteiger charge is 2.35. The quantitative estimate of drug-likeness (QED) is 0.211. The zero-order valence-electron chi connectivity index (χ0n) is 20.5. The first-order valence-corrected chi connectivity index (χ1v) is 14.1. The van der Waals surface area contributed by atoms with E-state index >= 15 is 0 Å². The van der Waals surface area contributed by atoms with Gasteiger partial charge in [0.05, 0.1) is 39.1 Å². The largest absolute Gasteiger partial charge is 0.496 e. The van der Waals surface area contributed by atoms with Crippen LogP contribution in [0.5, 0.6) is 5.75 Å². The standard InChI is InChI=1S/C29H22ClIN2O4S/c1-3-37-28(35)24-25(18-7-5-4-6-8-18)32-29-33(26(24)19-10-12-20(30)13-11-19)27(34)23(38-29)16-17-9-14-22(36-2)21(31)15-17/h4-16,26H,3H2,1-2H3/b23-16+/t26-/m0/s1. The lowest BCUT2D eigenvalue weighted by Gasteiger charge is -2.25. The third-order valence-corrected chi connectivity index (χ3v) is 8.11. The molecule has 0 saturated heterocycles. The maximum absolute atomic E-state index is 13.9. The average Bonchev–Trinajstić information content (AvgIpc) is 3.23. The maximum atomic E-state index is 13.9. The molecular formula is C29H22ClIN2O4S. The van der Waals surface area contributed by atoms with E-state index in [1.807, 2.05) is 66.7 Å². The van der Waals surface area contributed by atoms with Gasteiger partial charge in [-0.25, -0.2) is 9.79 Å². The summed E-state index contributed by atoms with van der Waals surface area (Å²) in [6, 6.07) is 21.6. The van der Waals surface area contributed by atoms with Gasteiger partial charge in [-0.05, 0) is 71.0 Å². The lowest BCUT2D eigenvalue weighted by Crippen LogP contribution is -2.40. The summed E-state index contributed by atoms with van der Waals surface area (Å²) in [6.07, 6.45) is 1.83. The van der Waals surface area contributed by atoms with Crippen LogP contribution in [-0.2, 0) is 9.53 Å². The monoisotopic (exact) mass is 656 g/mol. The fourth-order valence-corrected chi connectivity index (χ4v) is 6.21. The molecule has 0 fully saturated rings. The Kier molecular flexibility index (Phi) is 7.83. The van der Waals surface area contributed by atoms with Crippen molar-refractivity contribution in [3.05, 3.63) is 123 Å². The van der Waals surface area contributed by atoms with E-state index in [4.69, 9.17) is 26.1 Å². The van der Waals surface area contributed by atoms with Crippen molar-refractivity contribution in [1.29, 1.82) is 0 Å². The van der Waals surface area contributed by atoms with Gasteiger partial charge in [-0.2, -0.15) is 0 Å². The molecule has 5 rings (SSSR count). The number of benzene rings is 3. The highest BCUT2D eigenvalue weighted by molar-refractivity contribution is 14.1. The van der Waals surface area contributed by atoms with Crippen LogP contribution in [0, 0.1) is 3.57 Å². The van der Waals surface area contributed by atoms with Crippen LogP contribution in [0.15, 0.2) is 88.2 Å². The van der Waals surface area contributed by atoms with Gasteiger partial charge in [0.25, 0.3) is 5.56 Å². The number of fused-ring (bicyclic) bond motifs is 1. The number of methoxy groups -OCH3 is 1. The van der Waals surface area contributed by atoms with Crippen LogP contribution in [0.2, 0.25) is 5.02 Å². The van der Waals surface area contributed by atoms with Crippen molar-refractivity contribution in [3.8, 4) is 5.75 Å². The SMILES string of the molecule is CCOC(=O)C1=C(c2ccccc2)N=c2s/c(=C/c3ccc(OC)c(I)c3)c(=O)n2[C@H]1c1ccc(Cl)cc1. The van der Waals surface area contributed by atoms with Gasteiger partial charge in [-0.1, -0.05) is 71.5 Å². The van der Waals surface area contributed by atoms with Crippen LogP contribution < -0.4 is 19.6 Å². The summed E-state index contributed by atoms with van der Waals surface area (Å²) in [5.41, 5.74) is 2.89. The van der Waals surface area contributed by atoms with E-state index in [-0.39, 0.29) is 12.2 Å². The van der Waals surface area contributed by atoms with Crippen LogP contribution in [0.25, 0.3) is 11.8 Å². The van der Waals surface area contributed by atoms with E-state index in [0.29, 0.717) is 25.6 Å². The summed E-state index contributed by atoms with van der Waals surface area (Å²) in [5, 5.41) is 0.556. The molecule has 0 N–H and O–H groups in total. The van der Waals surface area contributed by atoms with Gasteiger partial charge in [0.15, 0.2) is 4.80 Å². The molecule has 1 aliphatic heterocycles. The summed E-state index contributed by atoms with van der Waals surface area (Å²) < 4.78 is 13.9. The van der Waals surface area contributed by atoms with E-state index in [0.717, 1.165) is 26.0 Å². The van der Waals surface area contributed by atoms with Crippen molar-refractivity contribution in [2.45, 2.75) is 13.0 Å². The topological polar surface area (TPSA) is 69.9 Å². The summed E-state index contributed by atoms with van der Waals surface area (Å²) >= 11 is 9.66. The van der Waals surface area contributed by atoms with Crippen molar-refractivity contribution in [3.63, 3.8) is 0 Å². The summed E-state index contributed by atoms with van der Waals surface area (Å²) in [6.45, 7) is 1.95. The fourth-order valence-electron chi connectivity index (χ4n) is 4.32. The second-order valence-electron chi connectivity index (χ2n) is 8.38. The van der Waals surface area contributed by atoms with Crippen LogP contribution in [-0.4, -0.2) is 24.3 Å². The first-order valence-electron chi connectivity index (χ1n) is 11.8. The molecule has 1 aromatic heterocycles. The highest BCUT2D eigenvalue weighted by Crippen LogP contribution is 2.35. The molecule has 1 atom stereocenters. The van der Waals surface area contributed by atoms with Gasteiger partial charge < -0.3 is 9.47 Å². The Morgan fingerprint density at radius 3 is 2.53 bits per heavy atom. The highest BCUT2D eigenvalue weighted by atomic mass is 127. The first-order chi connectivity index (χ1) is 18.4. The Morgan fingerprint density at radius 2 is 1.87 bits per heavy atom. The van der Waals surface area contributed by atoms with Gasteiger partial charge in [0, 0.05) is 10.6 Å². The van der Waals surface area contributed by atoms with E-state index in [1.165, 1.54) is 11.3 Å². The number of carbonyl (C=O) groups is 1. The number of carbonyl (C=O) groups excluding carboxylic acids is 1. The number of rotatable bonds is 6. The normalized spacial score (nSPS) is 15.2. The number of hydrogen-bond donors (Lipinski definition) is 0. The second-order valence-corrected chi connectivity index (χ2v) is 11.0. The third kappa shape index (κ3) is 5.08. The van der Waals surface area contributed by atoms with E-state index in [9.17, 15) is 9.59 Å². The molecular weight excluding hydrogens is 635 g/mol. The van der Waals surface area contributed by atoms with Gasteiger partial charge in [0.1, 0.15) is 5.75 Å². The fraction of sp³-hybridized carbons (Fsp3) is 0.138. The van der Waals surface area contributed by atoms with Crippen molar-refractivity contribution in [2.75, 3.05) is 13.7 Å². The molecule has 3 aromatic carbocycles. The number of esters is 1. The molecule has 0 unspecified atom stereocenters. The predicted octanol–water partition coefficient (Wildman–Crippen LogP) is 5.20. The summed E-state index contributed by atoms with van der Waals surface area (Å²) in [5.74, 6) is 0.243. The Morgan fingerprint density at radius 1 is 1.13 bits per heavy atom. The Labute approximate surface area is 241 Å². The minimum absolute atomic E-state index is 0.193. The van der Waals surface area contributed by atoms with Crippen molar-refractivity contribution in [2.24, 2.45) is 4.99 Å². The molecule has 0 amide bonds. The smallest absolute Gasteiger partial charge is 0.338 e. The lowest BCUT2D eigenvalue weighted by atomic mass is 9.93. The van der Waals surface area contributed by atoms with Gasteiger partial charge in [-0.3, -0.25) is 9.36 Å².